The summed E-state index contributed by atoms with van der Waals surface area (Å²) in [5, 5.41) is 0.754. The number of rotatable bonds is 14. The lowest BCUT2D eigenvalue weighted by atomic mass is 10.1. The average molecular weight is 417 g/mol. The molecule has 0 spiro atoms. The van der Waals surface area contributed by atoms with Crippen molar-refractivity contribution >= 4 is 35.1 Å². The van der Waals surface area contributed by atoms with Gasteiger partial charge in [0.05, 0.1) is 11.6 Å². The SMILES string of the molecule is CCCCCCCCCCOC(=O)CCCC(=O)Oc1cc(Cl)ccc1Cl. The molecule has 0 atom stereocenters. The number of hydrogen-bond acceptors (Lipinski definition) is 4. The smallest absolute Gasteiger partial charge is 0.311 e. The van der Waals surface area contributed by atoms with Crippen molar-refractivity contribution in [1.29, 1.82) is 0 Å². The van der Waals surface area contributed by atoms with Crippen LogP contribution in [0.3, 0.4) is 0 Å². The van der Waals surface area contributed by atoms with E-state index in [0.717, 1.165) is 12.8 Å². The minimum absolute atomic E-state index is 0.121. The van der Waals surface area contributed by atoms with E-state index in [0.29, 0.717) is 23.1 Å². The molecule has 0 bridgehead atoms. The molecular formula is C21H30Cl2O4. The van der Waals surface area contributed by atoms with Gasteiger partial charge in [-0.25, -0.2) is 0 Å². The third-order valence-corrected chi connectivity index (χ3v) is 4.69. The van der Waals surface area contributed by atoms with Gasteiger partial charge in [0, 0.05) is 23.9 Å². The van der Waals surface area contributed by atoms with Crippen LogP contribution in [0.25, 0.3) is 0 Å². The minimum atomic E-state index is -0.449. The Morgan fingerprint density at radius 1 is 0.852 bits per heavy atom. The van der Waals surface area contributed by atoms with Crippen molar-refractivity contribution in [3.63, 3.8) is 0 Å². The highest BCUT2D eigenvalue weighted by molar-refractivity contribution is 6.34. The van der Waals surface area contributed by atoms with E-state index in [1.54, 1.807) is 12.1 Å². The van der Waals surface area contributed by atoms with E-state index in [-0.39, 0.29) is 24.6 Å². The van der Waals surface area contributed by atoms with E-state index in [1.165, 1.54) is 44.6 Å². The van der Waals surface area contributed by atoms with Gasteiger partial charge in [0.2, 0.25) is 0 Å². The predicted molar refractivity (Wildman–Crippen MR) is 110 cm³/mol. The van der Waals surface area contributed by atoms with Crippen LogP contribution in [0.15, 0.2) is 18.2 Å². The van der Waals surface area contributed by atoms with Crippen LogP contribution < -0.4 is 4.74 Å². The zero-order valence-electron chi connectivity index (χ0n) is 16.1. The van der Waals surface area contributed by atoms with Gasteiger partial charge in [-0.2, -0.15) is 0 Å². The summed E-state index contributed by atoms with van der Waals surface area (Å²) in [6.07, 6.45) is 10.3. The highest BCUT2D eigenvalue weighted by Crippen LogP contribution is 2.28. The Balaban J connectivity index is 2.03. The lowest BCUT2D eigenvalue weighted by Gasteiger charge is -2.07. The molecule has 1 rings (SSSR count). The molecular weight excluding hydrogens is 387 g/mol. The second-order valence-corrected chi connectivity index (χ2v) is 7.44. The van der Waals surface area contributed by atoms with Crippen LogP contribution in [-0.4, -0.2) is 18.5 Å². The van der Waals surface area contributed by atoms with Crippen LogP contribution in [0, 0.1) is 0 Å². The molecule has 0 saturated carbocycles. The molecule has 0 aliphatic carbocycles. The molecule has 0 fully saturated rings. The first-order chi connectivity index (χ1) is 13.0. The van der Waals surface area contributed by atoms with Crippen LogP contribution in [0.1, 0.15) is 77.6 Å². The first-order valence-corrected chi connectivity index (χ1v) is 10.6. The number of unbranched alkanes of at least 4 members (excludes halogenated alkanes) is 7. The molecule has 0 unspecified atom stereocenters. The Bertz CT molecular complexity index is 575. The molecule has 27 heavy (non-hydrogen) atoms. The van der Waals surface area contributed by atoms with Crippen LogP contribution in [0.5, 0.6) is 5.75 Å². The summed E-state index contributed by atoms with van der Waals surface area (Å²) in [6.45, 7) is 2.67. The second-order valence-electron chi connectivity index (χ2n) is 6.60. The zero-order valence-corrected chi connectivity index (χ0v) is 17.6. The molecule has 4 nitrogen and oxygen atoms in total. The topological polar surface area (TPSA) is 52.6 Å². The monoisotopic (exact) mass is 416 g/mol. The van der Waals surface area contributed by atoms with Crippen molar-refractivity contribution < 1.29 is 19.1 Å². The summed E-state index contributed by atoms with van der Waals surface area (Å²) in [7, 11) is 0. The molecule has 152 valence electrons. The van der Waals surface area contributed by atoms with Crippen molar-refractivity contribution in [2.24, 2.45) is 0 Å². The van der Waals surface area contributed by atoms with Crippen molar-refractivity contribution in [2.75, 3.05) is 6.61 Å². The number of esters is 2. The quantitative estimate of drug-likeness (QED) is 0.191. The number of ether oxygens (including phenoxy) is 2. The van der Waals surface area contributed by atoms with Crippen molar-refractivity contribution in [3.05, 3.63) is 28.2 Å². The summed E-state index contributed by atoms with van der Waals surface area (Å²) in [5.74, 6) is -0.493. The number of halogens is 2. The lowest BCUT2D eigenvalue weighted by molar-refractivity contribution is -0.144. The van der Waals surface area contributed by atoms with Gasteiger partial charge in [-0.15, -0.1) is 0 Å². The molecule has 0 aliphatic heterocycles. The summed E-state index contributed by atoms with van der Waals surface area (Å²) < 4.78 is 10.4. The average Bonchev–Trinajstić information content (AvgIpc) is 2.63. The van der Waals surface area contributed by atoms with Crippen molar-refractivity contribution in [1.82, 2.24) is 0 Å². The first-order valence-electron chi connectivity index (χ1n) is 9.84. The minimum Gasteiger partial charge on any atom is -0.466 e. The van der Waals surface area contributed by atoms with Gasteiger partial charge in [0.15, 0.2) is 5.75 Å². The van der Waals surface area contributed by atoms with Gasteiger partial charge in [0.1, 0.15) is 0 Å². The maximum atomic E-state index is 11.8. The third kappa shape index (κ3) is 11.9. The number of carbonyl (C=O) groups excluding carboxylic acids is 2. The van der Waals surface area contributed by atoms with Crippen LogP contribution in [0.2, 0.25) is 10.0 Å². The molecule has 0 aliphatic rings. The number of hydrogen-bond donors (Lipinski definition) is 0. The van der Waals surface area contributed by atoms with Crippen LogP contribution in [-0.2, 0) is 14.3 Å². The Kier molecular flexibility index (Phi) is 13.0. The summed E-state index contributed by atoms with van der Waals surface area (Å²) in [5.41, 5.74) is 0. The highest BCUT2D eigenvalue weighted by atomic mass is 35.5. The summed E-state index contributed by atoms with van der Waals surface area (Å²) in [4.78, 5) is 23.5. The molecule has 0 N–H and O–H groups in total. The lowest BCUT2D eigenvalue weighted by Crippen LogP contribution is -2.10. The second kappa shape index (κ2) is 14.8. The van der Waals surface area contributed by atoms with Crippen molar-refractivity contribution in [2.45, 2.75) is 77.6 Å². The van der Waals surface area contributed by atoms with Gasteiger partial charge in [-0.1, -0.05) is 75.1 Å². The maximum absolute atomic E-state index is 11.8. The summed E-state index contributed by atoms with van der Waals surface area (Å²) in [6, 6.07) is 4.67. The van der Waals surface area contributed by atoms with E-state index in [4.69, 9.17) is 32.7 Å². The van der Waals surface area contributed by atoms with Crippen LogP contribution in [0.4, 0.5) is 0 Å². The number of carbonyl (C=O) groups is 2. The van der Waals surface area contributed by atoms with Gasteiger partial charge >= 0.3 is 11.9 Å². The van der Waals surface area contributed by atoms with Gasteiger partial charge < -0.3 is 9.47 Å². The molecule has 0 amide bonds. The first kappa shape index (κ1) is 23.8. The van der Waals surface area contributed by atoms with Gasteiger partial charge in [-0.3, -0.25) is 9.59 Å². The van der Waals surface area contributed by atoms with E-state index < -0.39 is 5.97 Å². The molecule has 0 saturated heterocycles. The predicted octanol–water partition coefficient (Wildman–Crippen LogP) is 6.75. The third-order valence-electron chi connectivity index (χ3n) is 4.14. The molecule has 1 aromatic carbocycles. The standard InChI is InChI=1S/C21H30Cl2O4/c1-2-3-4-5-6-7-8-9-15-26-20(24)11-10-12-21(25)27-19-16-17(22)13-14-18(19)23/h13-14,16H,2-12,15H2,1H3. The van der Waals surface area contributed by atoms with Crippen LogP contribution >= 0.6 is 23.2 Å². The van der Waals surface area contributed by atoms with Gasteiger partial charge in [0.25, 0.3) is 0 Å². The fourth-order valence-corrected chi connectivity index (χ4v) is 2.92. The fraction of sp³-hybridized carbons (Fsp3) is 0.619. The molecule has 0 radical (unpaired) electrons. The number of benzene rings is 1. The molecule has 0 heterocycles. The highest BCUT2D eigenvalue weighted by Gasteiger charge is 2.11. The Hall–Kier alpha value is -1.26. The molecule has 1 aromatic rings. The molecule has 0 aromatic heterocycles. The Labute approximate surface area is 172 Å². The zero-order chi connectivity index (χ0) is 19.9. The van der Waals surface area contributed by atoms with E-state index in [2.05, 4.69) is 6.92 Å². The Morgan fingerprint density at radius 3 is 2.19 bits per heavy atom. The van der Waals surface area contributed by atoms with E-state index >= 15 is 0 Å². The normalized spacial score (nSPS) is 10.6. The maximum Gasteiger partial charge on any atom is 0.311 e. The molecule has 6 heteroatoms. The van der Waals surface area contributed by atoms with Crippen molar-refractivity contribution in [3.8, 4) is 5.75 Å². The Morgan fingerprint density at radius 2 is 1.48 bits per heavy atom. The van der Waals surface area contributed by atoms with Gasteiger partial charge in [-0.05, 0) is 25.0 Å². The fourth-order valence-electron chi connectivity index (χ4n) is 2.60. The van der Waals surface area contributed by atoms with E-state index in [1.807, 2.05) is 0 Å². The van der Waals surface area contributed by atoms with E-state index in [9.17, 15) is 9.59 Å². The summed E-state index contributed by atoms with van der Waals surface area (Å²) >= 11 is 11.8. The largest absolute Gasteiger partial charge is 0.466 e.